The first-order chi connectivity index (χ1) is 6.61. The van der Waals surface area contributed by atoms with Gasteiger partial charge in [-0.2, -0.15) is 0 Å². The van der Waals surface area contributed by atoms with Gasteiger partial charge in [-0.05, 0) is 0 Å². The number of phenolic OH excluding ortho intramolecular Hbond substituents is 1. The average molecular weight is 609 g/mol. The third kappa shape index (κ3) is 2.71. The van der Waals surface area contributed by atoms with E-state index in [-0.39, 0.29) is 11.4 Å². The van der Waals surface area contributed by atoms with Crippen molar-refractivity contribution >= 4 is 28.3 Å². The van der Waals surface area contributed by atoms with Crippen molar-refractivity contribution in [3.8, 4) is 5.75 Å². The standard InChI is InChI=1S/C6H3NO3.2ClH.2Hg/c8-6-3-1-5(2-4-6)7(9)10;;;;/h1,3,8H;2*1H;;/q;;;2*+1/p-2. The van der Waals surface area contributed by atoms with E-state index in [0.717, 1.165) is 0 Å². The van der Waals surface area contributed by atoms with Crippen LogP contribution in [0.3, 0.4) is 0 Å². The second kappa shape index (κ2) is 5.82. The van der Waals surface area contributed by atoms with E-state index in [1.165, 1.54) is 12.1 Å². The van der Waals surface area contributed by atoms with Gasteiger partial charge in [-0.3, -0.25) is 0 Å². The summed E-state index contributed by atoms with van der Waals surface area (Å²) in [5.74, 6) is 0.0860. The summed E-state index contributed by atoms with van der Waals surface area (Å²) in [5, 5.41) is 20.1. The van der Waals surface area contributed by atoms with Gasteiger partial charge in [0.1, 0.15) is 0 Å². The molecule has 0 fully saturated rings. The van der Waals surface area contributed by atoms with Crippen molar-refractivity contribution < 1.29 is 56.7 Å². The molecule has 0 aliphatic heterocycles. The Kier molecular flexibility index (Phi) is 5.38. The van der Waals surface area contributed by atoms with Crippen LogP contribution >= 0.6 is 16.5 Å². The average Bonchev–Trinajstić information content (AvgIpc) is 2.16. The summed E-state index contributed by atoms with van der Waals surface area (Å²) in [4.78, 5) is 10.2. The molecule has 4 nitrogen and oxygen atoms in total. The van der Waals surface area contributed by atoms with Crippen LogP contribution in [0.4, 0.5) is 5.69 Å². The predicted molar refractivity (Wildman–Crippen MR) is 45.7 cm³/mol. The maximum absolute atomic E-state index is 10.6. The number of nitrogens with zero attached hydrogens (tertiary/aromatic N) is 1. The van der Waals surface area contributed by atoms with Crippen LogP contribution in [0.15, 0.2) is 12.1 Å². The van der Waals surface area contributed by atoms with Crippen LogP contribution in [0.25, 0.3) is 0 Å². The second-order valence-electron chi connectivity index (χ2n) is 2.59. The Morgan fingerprint density at radius 3 is 2.29 bits per heavy atom. The third-order valence-electron chi connectivity index (χ3n) is 1.85. The summed E-state index contributed by atoms with van der Waals surface area (Å²) in [6, 6.07) is 2.64. The van der Waals surface area contributed by atoms with E-state index in [1.54, 1.807) is 0 Å². The Labute approximate surface area is 111 Å². The first-order valence-corrected chi connectivity index (χ1v) is 22.7. The van der Waals surface area contributed by atoms with Crippen LogP contribution in [-0.2, 0) is 46.7 Å². The molecule has 14 heavy (non-hydrogen) atoms. The Morgan fingerprint density at radius 2 is 1.86 bits per heavy atom. The number of rotatable bonds is 3. The van der Waals surface area contributed by atoms with Gasteiger partial charge in [0.05, 0.1) is 0 Å². The molecular formula is C6H3Cl2Hg2NO3. The molecule has 0 spiro atoms. The minimum atomic E-state index is -1.92. The monoisotopic (exact) mass is 611 g/mol. The molecule has 0 saturated heterocycles. The number of nitro benzene ring substituents is 1. The van der Waals surface area contributed by atoms with E-state index in [1.807, 2.05) is 0 Å². The number of nitro groups is 1. The zero-order valence-electron chi connectivity index (χ0n) is 7.04. The molecule has 8 heteroatoms. The van der Waals surface area contributed by atoms with E-state index in [0.29, 0.717) is 6.14 Å². The maximum atomic E-state index is 10.6. The molecule has 0 atom stereocenters. The van der Waals surface area contributed by atoms with E-state index in [9.17, 15) is 15.2 Å². The normalized spacial score (nSPS) is 9.00. The molecule has 0 unspecified atom stereocenters. The van der Waals surface area contributed by atoms with Crippen LogP contribution in [0.5, 0.6) is 5.75 Å². The van der Waals surface area contributed by atoms with Crippen molar-refractivity contribution in [2.24, 2.45) is 0 Å². The van der Waals surface area contributed by atoms with Gasteiger partial charge in [0, 0.05) is 0 Å². The minimum absolute atomic E-state index is 0.0371. The summed E-state index contributed by atoms with van der Waals surface area (Å²) < 4.78 is 1.23. The van der Waals surface area contributed by atoms with Gasteiger partial charge in [-0.15, -0.1) is 0 Å². The molecule has 1 rings (SSSR count). The Balaban J connectivity index is 3.40. The van der Waals surface area contributed by atoms with E-state index in [2.05, 4.69) is 0 Å². The molecule has 1 N–H and O–H groups in total. The van der Waals surface area contributed by atoms with Gasteiger partial charge in [0.25, 0.3) is 0 Å². The van der Waals surface area contributed by atoms with Gasteiger partial charge < -0.3 is 0 Å². The number of hydrogen-bond acceptors (Lipinski definition) is 3. The molecule has 0 heterocycles. The third-order valence-corrected chi connectivity index (χ3v) is 22.3. The van der Waals surface area contributed by atoms with Crippen LogP contribution in [0, 0.1) is 10.1 Å². The SMILES string of the molecule is O=[N+]([O-])c1ccc(O)[c]([Hg][Cl])[c]1[Hg][Cl]. The van der Waals surface area contributed by atoms with Crippen LogP contribution in [0.2, 0.25) is 0 Å². The zero-order chi connectivity index (χ0) is 10.7. The molecule has 68 valence electrons. The fourth-order valence-corrected chi connectivity index (χ4v) is 30.9. The summed E-state index contributed by atoms with van der Waals surface area (Å²) >= 11 is -3.78. The summed E-state index contributed by atoms with van der Waals surface area (Å²) in [5.41, 5.74) is 0.0371. The number of phenols is 1. The van der Waals surface area contributed by atoms with Gasteiger partial charge in [0.2, 0.25) is 0 Å². The van der Waals surface area contributed by atoms with Crippen molar-refractivity contribution in [1.29, 1.82) is 0 Å². The second-order valence-corrected chi connectivity index (χ2v) is 14.9. The quantitative estimate of drug-likeness (QED) is 0.317. The molecule has 0 radical (unpaired) electrons. The molecule has 0 aromatic heterocycles. The molecule has 0 aliphatic rings. The first kappa shape index (κ1) is 12.9. The van der Waals surface area contributed by atoms with Crippen molar-refractivity contribution in [1.82, 2.24) is 0 Å². The van der Waals surface area contributed by atoms with Gasteiger partial charge in [-0.1, -0.05) is 0 Å². The van der Waals surface area contributed by atoms with E-state index in [4.69, 9.17) is 16.5 Å². The molecular weight excluding hydrogens is 606 g/mol. The van der Waals surface area contributed by atoms with E-state index >= 15 is 0 Å². The Hall–Kier alpha value is 0.870. The van der Waals surface area contributed by atoms with Crippen molar-refractivity contribution in [2.75, 3.05) is 0 Å². The van der Waals surface area contributed by atoms with Crippen molar-refractivity contribution in [3.63, 3.8) is 0 Å². The van der Waals surface area contributed by atoms with E-state index < -0.39 is 51.6 Å². The molecule has 1 aromatic carbocycles. The number of benzene rings is 1. The first-order valence-electron chi connectivity index (χ1n) is 3.71. The zero-order valence-corrected chi connectivity index (χ0v) is 19.5. The number of hydrogen-bond donors (Lipinski definition) is 1. The number of halogens is 2. The van der Waals surface area contributed by atoms with Crippen molar-refractivity contribution in [3.05, 3.63) is 22.2 Å². The van der Waals surface area contributed by atoms with Gasteiger partial charge in [-0.25, -0.2) is 0 Å². The van der Waals surface area contributed by atoms with Gasteiger partial charge >= 0.3 is 113 Å². The number of aromatic hydroxyl groups is 1. The van der Waals surface area contributed by atoms with Crippen LogP contribution in [0.1, 0.15) is 0 Å². The fraction of sp³-hybridized carbons (Fsp3) is 0. The fourth-order valence-electron chi connectivity index (χ4n) is 1.14. The van der Waals surface area contributed by atoms with Crippen LogP contribution in [-0.4, -0.2) is 10.0 Å². The summed E-state index contributed by atoms with van der Waals surface area (Å²) in [7, 11) is 11.6. The molecule has 0 saturated carbocycles. The Bertz CT molecular complexity index is 374. The predicted octanol–water partition coefficient (Wildman–Crippen LogP) is 1.02. The molecule has 0 amide bonds. The molecule has 1 aromatic rings. The van der Waals surface area contributed by atoms with Crippen LogP contribution < -0.4 is 6.14 Å². The molecule has 0 bridgehead atoms. The summed E-state index contributed by atoms with van der Waals surface area (Å²) in [6.45, 7) is 0. The topological polar surface area (TPSA) is 63.4 Å². The van der Waals surface area contributed by atoms with Crippen molar-refractivity contribution in [2.45, 2.75) is 0 Å². The summed E-state index contributed by atoms with van der Waals surface area (Å²) in [6.07, 6.45) is 0. The van der Waals surface area contributed by atoms with Gasteiger partial charge in [0.15, 0.2) is 0 Å². The Morgan fingerprint density at radius 1 is 1.29 bits per heavy atom. The molecule has 0 aliphatic carbocycles.